The molecule has 0 spiro atoms. The summed E-state index contributed by atoms with van der Waals surface area (Å²) in [7, 11) is 0. The van der Waals surface area contributed by atoms with E-state index in [-0.39, 0.29) is 12.8 Å². The zero-order chi connectivity index (χ0) is 12.0. The monoisotopic (exact) mass is 230 g/mol. The van der Waals surface area contributed by atoms with Gasteiger partial charge >= 0.3 is 23.9 Å². The van der Waals surface area contributed by atoms with Crippen LogP contribution < -0.4 is 0 Å². The largest absolute Gasteiger partial charge is 0.379 e. The molecule has 1 aliphatic rings. The van der Waals surface area contributed by atoms with Gasteiger partial charge in [0.25, 0.3) is 0 Å². The van der Waals surface area contributed by atoms with E-state index in [1.807, 2.05) is 0 Å². The maximum atomic E-state index is 10.8. The van der Waals surface area contributed by atoms with Crippen molar-refractivity contribution in [3.05, 3.63) is 12.2 Å². The highest BCUT2D eigenvalue weighted by atomic mass is 17.2. The zero-order valence-electron chi connectivity index (χ0n) is 7.83. The summed E-state index contributed by atoms with van der Waals surface area (Å²) in [6.07, 6.45) is 0.552. The van der Waals surface area contributed by atoms with E-state index in [4.69, 9.17) is 0 Å². The molecule has 0 unspecified atom stereocenters. The van der Waals surface area contributed by atoms with Crippen molar-refractivity contribution in [2.75, 3.05) is 0 Å². The predicted molar refractivity (Wildman–Crippen MR) is 42.7 cm³/mol. The van der Waals surface area contributed by atoms with Gasteiger partial charge in [-0.1, -0.05) is 0 Å². The third-order valence-corrected chi connectivity index (χ3v) is 1.32. The van der Waals surface area contributed by atoms with Crippen LogP contribution in [0.5, 0.6) is 0 Å². The second-order valence-corrected chi connectivity index (χ2v) is 2.55. The summed E-state index contributed by atoms with van der Waals surface area (Å²) in [6, 6.07) is 0. The van der Waals surface area contributed by atoms with Crippen molar-refractivity contribution >= 4 is 23.9 Å². The van der Waals surface area contributed by atoms with Gasteiger partial charge in [0, 0.05) is 12.2 Å². The maximum Gasteiger partial charge on any atom is 0.379 e. The molecule has 0 aromatic carbocycles. The highest BCUT2D eigenvalue weighted by Gasteiger charge is 2.15. The van der Waals surface area contributed by atoms with E-state index in [1.54, 1.807) is 0 Å². The Bertz CT molecular complexity index is 321. The SMILES string of the molecule is O=C1/C=C\C(=O)OOC(=O)CCC(=O)OO1. The Kier molecular flexibility index (Phi) is 4.01. The first kappa shape index (κ1) is 11.7. The second kappa shape index (κ2) is 5.49. The zero-order valence-corrected chi connectivity index (χ0v) is 7.83. The quantitative estimate of drug-likeness (QED) is 0.505. The minimum absolute atomic E-state index is 0.368. The Morgan fingerprint density at radius 3 is 1.44 bits per heavy atom. The third-order valence-electron chi connectivity index (χ3n) is 1.32. The molecule has 86 valence electrons. The van der Waals surface area contributed by atoms with Gasteiger partial charge in [0.1, 0.15) is 0 Å². The molecule has 0 bridgehead atoms. The summed E-state index contributed by atoms with van der Waals surface area (Å²) < 4.78 is 0. The summed E-state index contributed by atoms with van der Waals surface area (Å²) in [4.78, 5) is 59.1. The van der Waals surface area contributed by atoms with Gasteiger partial charge in [-0.3, -0.25) is 0 Å². The molecule has 1 heterocycles. The van der Waals surface area contributed by atoms with Gasteiger partial charge in [-0.05, 0) is 0 Å². The van der Waals surface area contributed by atoms with Gasteiger partial charge in [0.2, 0.25) is 0 Å². The van der Waals surface area contributed by atoms with Crippen molar-refractivity contribution in [1.82, 2.24) is 0 Å². The molecule has 1 aliphatic heterocycles. The van der Waals surface area contributed by atoms with Gasteiger partial charge in [0.05, 0.1) is 12.8 Å². The number of carbonyl (C=O) groups excluding carboxylic acids is 4. The Labute approximate surface area is 88.6 Å². The first-order valence-corrected chi connectivity index (χ1v) is 4.08. The summed E-state index contributed by atoms with van der Waals surface area (Å²) in [6.45, 7) is 0. The van der Waals surface area contributed by atoms with Crippen molar-refractivity contribution in [1.29, 1.82) is 0 Å². The van der Waals surface area contributed by atoms with Crippen molar-refractivity contribution < 1.29 is 38.7 Å². The van der Waals surface area contributed by atoms with Gasteiger partial charge in [-0.2, -0.15) is 0 Å². The molecular weight excluding hydrogens is 224 g/mol. The Hall–Kier alpha value is -2.38. The van der Waals surface area contributed by atoms with Crippen LogP contribution in [0.2, 0.25) is 0 Å². The van der Waals surface area contributed by atoms with Crippen LogP contribution in [0.4, 0.5) is 0 Å². The van der Waals surface area contributed by atoms with Crippen molar-refractivity contribution in [3.8, 4) is 0 Å². The minimum atomic E-state index is -1.07. The van der Waals surface area contributed by atoms with Crippen LogP contribution in [0.25, 0.3) is 0 Å². The summed E-state index contributed by atoms with van der Waals surface area (Å²) in [5, 5.41) is 0. The van der Waals surface area contributed by atoms with E-state index in [0.717, 1.165) is 0 Å². The predicted octanol–water partition coefficient (Wildman–Crippen LogP) is -0.661. The molecule has 0 aromatic heterocycles. The second-order valence-electron chi connectivity index (χ2n) is 2.55. The van der Waals surface area contributed by atoms with E-state index in [1.165, 1.54) is 0 Å². The van der Waals surface area contributed by atoms with Crippen LogP contribution in [0.3, 0.4) is 0 Å². The molecule has 8 nitrogen and oxygen atoms in total. The Morgan fingerprint density at radius 2 is 1.06 bits per heavy atom. The first-order chi connectivity index (χ1) is 7.58. The fourth-order valence-corrected chi connectivity index (χ4v) is 0.654. The fraction of sp³-hybridized carbons (Fsp3) is 0.250. The lowest BCUT2D eigenvalue weighted by atomic mass is 10.3. The molecule has 1 rings (SSSR count). The molecule has 8 heteroatoms. The molecule has 0 saturated carbocycles. The molecule has 0 atom stereocenters. The molecular formula is C8H6O8. The molecule has 0 aromatic rings. The van der Waals surface area contributed by atoms with Gasteiger partial charge in [-0.15, -0.1) is 0 Å². The normalized spacial score (nSPS) is 20.5. The average Bonchev–Trinajstić information content (AvgIpc) is 2.27. The van der Waals surface area contributed by atoms with Crippen LogP contribution in [0.15, 0.2) is 12.2 Å². The molecule has 0 radical (unpaired) electrons. The smallest absolute Gasteiger partial charge is 0.247 e. The van der Waals surface area contributed by atoms with Crippen molar-refractivity contribution in [2.45, 2.75) is 12.8 Å². The fourth-order valence-electron chi connectivity index (χ4n) is 0.654. The van der Waals surface area contributed by atoms with Crippen LogP contribution >= 0.6 is 0 Å². The van der Waals surface area contributed by atoms with Crippen LogP contribution in [0.1, 0.15) is 12.8 Å². The summed E-state index contributed by atoms with van der Waals surface area (Å²) in [5.74, 6) is -3.99. The van der Waals surface area contributed by atoms with Crippen molar-refractivity contribution in [2.24, 2.45) is 0 Å². The number of rotatable bonds is 0. The van der Waals surface area contributed by atoms with Crippen LogP contribution in [-0.2, 0) is 38.7 Å². The standard InChI is InChI=1S/C8H6O8/c9-5-1-2-6(10)14-16-8(12)4-3-7(11)15-13-5/h1-2H,3-4H2/b2-1-. The molecule has 16 heavy (non-hydrogen) atoms. The lowest BCUT2D eigenvalue weighted by Gasteiger charge is -2.03. The summed E-state index contributed by atoms with van der Waals surface area (Å²) >= 11 is 0. The molecule has 0 amide bonds. The highest BCUT2D eigenvalue weighted by molar-refractivity contribution is 5.92. The van der Waals surface area contributed by atoms with Crippen molar-refractivity contribution in [3.63, 3.8) is 0 Å². The van der Waals surface area contributed by atoms with E-state index in [0.29, 0.717) is 12.2 Å². The first-order valence-electron chi connectivity index (χ1n) is 4.08. The summed E-state index contributed by atoms with van der Waals surface area (Å²) in [5.41, 5.74) is 0. The number of hydrogen-bond donors (Lipinski definition) is 0. The average molecular weight is 230 g/mol. The third kappa shape index (κ3) is 4.22. The van der Waals surface area contributed by atoms with Crippen LogP contribution in [-0.4, -0.2) is 23.9 Å². The lowest BCUT2D eigenvalue weighted by Crippen LogP contribution is -2.15. The van der Waals surface area contributed by atoms with Gasteiger partial charge < -0.3 is 0 Å². The number of carbonyl (C=O) groups is 4. The Balaban J connectivity index is 2.64. The maximum absolute atomic E-state index is 10.8. The van der Waals surface area contributed by atoms with E-state index < -0.39 is 23.9 Å². The van der Waals surface area contributed by atoms with Gasteiger partial charge in [0.15, 0.2) is 0 Å². The molecule has 0 N–H and O–H groups in total. The van der Waals surface area contributed by atoms with Gasteiger partial charge in [-0.25, -0.2) is 38.7 Å². The minimum Gasteiger partial charge on any atom is -0.247 e. The van der Waals surface area contributed by atoms with E-state index in [2.05, 4.69) is 19.6 Å². The van der Waals surface area contributed by atoms with E-state index in [9.17, 15) is 19.2 Å². The van der Waals surface area contributed by atoms with E-state index >= 15 is 0 Å². The lowest BCUT2D eigenvalue weighted by molar-refractivity contribution is -0.260. The highest BCUT2D eigenvalue weighted by Crippen LogP contribution is 1.99. The molecule has 0 aliphatic carbocycles. The molecule has 0 fully saturated rings. The van der Waals surface area contributed by atoms with Crippen LogP contribution in [0, 0.1) is 0 Å². The number of hydrogen-bond acceptors (Lipinski definition) is 8. The Morgan fingerprint density at radius 1 is 0.688 bits per heavy atom. The topological polar surface area (TPSA) is 105 Å². The molecule has 0 saturated heterocycles.